The summed E-state index contributed by atoms with van der Waals surface area (Å²) in [6.07, 6.45) is 4.93. The predicted octanol–water partition coefficient (Wildman–Crippen LogP) is 2.62. The summed E-state index contributed by atoms with van der Waals surface area (Å²) >= 11 is 0. The zero-order chi connectivity index (χ0) is 13.9. The second-order valence-electron chi connectivity index (χ2n) is 5.73. The van der Waals surface area contributed by atoms with Crippen molar-refractivity contribution in [1.82, 2.24) is 14.5 Å². The van der Waals surface area contributed by atoms with E-state index in [-0.39, 0.29) is 0 Å². The molecule has 0 radical (unpaired) electrons. The number of hydrogen-bond acceptors (Lipinski definition) is 4. The van der Waals surface area contributed by atoms with E-state index in [9.17, 15) is 0 Å². The van der Waals surface area contributed by atoms with Gasteiger partial charge in [-0.2, -0.15) is 5.26 Å². The van der Waals surface area contributed by atoms with Gasteiger partial charge in [0, 0.05) is 27.1 Å². The second-order valence-corrected chi connectivity index (χ2v) is 11.4. The number of fused-ring (bicyclic) bond motifs is 1. The molecule has 0 bridgehead atoms. The maximum absolute atomic E-state index is 9.07. The molecule has 2 heterocycles. The van der Waals surface area contributed by atoms with Gasteiger partial charge >= 0.3 is 0 Å². The Morgan fingerprint density at radius 2 is 2.21 bits per heavy atom. The van der Waals surface area contributed by atoms with Gasteiger partial charge in [-0.3, -0.25) is 0 Å². The normalized spacial score (nSPS) is 11.7. The Morgan fingerprint density at radius 3 is 2.89 bits per heavy atom. The fourth-order valence-electron chi connectivity index (χ4n) is 1.76. The topological polar surface area (TPSA) is 63.7 Å². The molecular weight excluding hydrogens is 256 g/mol. The SMILES string of the molecule is C[Si](C)(C)CCOCn1cc(C#N)c2cncnc21. The molecule has 5 nitrogen and oxygen atoms in total. The maximum Gasteiger partial charge on any atom is 0.146 e. The monoisotopic (exact) mass is 274 g/mol. The van der Waals surface area contributed by atoms with Gasteiger partial charge in [0.2, 0.25) is 0 Å². The van der Waals surface area contributed by atoms with Crippen LogP contribution >= 0.6 is 0 Å². The average Bonchev–Trinajstić information content (AvgIpc) is 2.72. The van der Waals surface area contributed by atoms with E-state index in [2.05, 4.69) is 35.7 Å². The first-order chi connectivity index (χ1) is 9.01. The first-order valence-electron chi connectivity index (χ1n) is 6.28. The van der Waals surface area contributed by atoms with Gasteiger partial charge < -0.3 is 9.30 Å². The summed E-state index contributed by atoms with van der Waals surface area (Å²) in [6.45, 7) is 8.15. The second kappa shape index (κ2) is 5.51. The van der Waals surface area contributed by atoms with Crippen molar-refractivity contribution in [2.24, 2.45) is 0 Å². The molecule has 0 saturated heterocycles. The minimum atomic E-state index is -1.06. The minimum Gasteiger partial charge on any atom is -0.361 e. The van der Waals surface area contributed by atoms with Crippen molar-refractivity contribution in [3.8, 4) is 6.07 Å². The quantitative estimate of drug-likeness (QED) is 0.621. The van der Waals surface area contributed by atoms with Gasteiger partial charge in [0.15, 0.2) is 0 Å². The maximum atomic E-state index is 9.07. The number of nitrogens with zero attached hydrogens (tertiary/aromatic N) is 4. The lowest BCUT2D eigenvalue weighted by Gasteiger charge is -2.15. The standard InChI is InChI=1S/C13H18N4OSi/c1-19(2,3)5-4-18-10-17-8-11(6-14)12-7-15-9-16-13(12)17/h7-9H,4-5,10H2,1-3H3. The molecule has 2 aromatic heterocycles. The molecule has 0 fully saturated rings. The van der Waals surface area contributed by atoms with E-state index < -0.39 is 8.07 Å². The molecule has 100 valence electrons. The van der Waals surface area contributed by atoms with Crippen molar-refractivity contribution >= 4 is 19.1 Å². The van der Waals surface area contributed by atoms with E-state index in [1.807, 2.05) is 4.57 Å². The Balaban J connectivity index is 2.07. The fraction of sp³-hybridized carbons (Fsp3) is 0.462. The van der Waals surface area contributed by atoms with Gasteiger partial charge in [-0.15, -0.1) is 0 Å². The number of rotatable bonds is 5. The summed E-state index contributed by atoms with van der Waals surface area (Å²) in [4.78, 5) is 8.16. The number of ether oxygens (including phenoxy) is 1. The molecule has 0 aliphatic rings. The van der Waals surface area contributed by atoms with Crippen LogP contribution in [0.25, 0.3) is 11.0 Å². The molecule has 0 N–H and O–H groups in total. The largest absolute Gasteiger partial charge is 0.361 e. The Bertz CT molecular complexity index is 609. The molecule has 0 spiro atoms. The third-order valence-electron chi connectivity index (χ3n) is 2.89. The van der Waals surface area contributed by atoms with E-state index in [0.717, 1.165) is 23.7 Å². The van der Waals surface area contributed by atoms with Gasteiger partial charge in [-0.05, 0) is 6.04 Å². The fourth-order valence-corrected chi connectivity index (χ4v) is 2.51. The van der Waals surface area contributed by atoms with E-state index in [0.29, 0.717) is 12.3 Å². The van der Waals surface area contributed by atoms with E-state index in [4.69, 9.17) is 10.00 Å². The van der Waals surface area contributed by atoms with Crippen molar-refractivity contribution in [1.29, 1.82) is 5.26 Å². The van der Waals surface area contributed by atoms with Gasteiger partial charge in [-0.1, -0.05) is 19.6 Å². The highest BCUT2D eigenvalue weighted by atomic mass is 28.3. The van der Waals surface area contributed by atoms with Crippen LogP contribution in [0.1, 0.15) is 5.56 Å². The van der Waals surface area contributed by atoms with Crippen molar-refractivity contribution in [3.05, 3.63) is 24.3 Å². The summed E-state index contributed by atoms with van der Waals surface area (Å²) in [5.74, 6) is 0. The minimum absolute atomic E-state index is 0.430. The molecule has 19 heavy (non-hydrogen) atoms. The molecule has 2 rings (SSSR count). The van der Waals surface area contributed by atoms with E-state index in [1.165, 1.54) is 6.33 Å². The third kappa shape index (κ3) is 3.40. The molecule has 6 heteroatoms. The molecule has 0 aromatic carbocycles. The number of nitriles is 1. The first kappa shape index (κ1) is 13.7. The van der Waals surface area contributed by atoms with Crippen LogP contribution in [0.3, 0.4) is 0 Å². The van der Waals surface area contributed by atoms with E-state index >= 15 is 0 Å². The van der Waals surface area contributed by atoms with Crippen LogP contribution in [0.5, 0.6) is 0 Å². The lowest BCUT2D eigenvalue weighted by atomic mass is 10.3. The highest BCUT2D eigenvalue weighted by Crippen LogP contribution is 2.17. The Morgan fingerprint density at radius 1 is 1.42 bits per heavy atom. The molecule has 0 aliphatic heterocycles. The van der Waals surface area contributed by atoms with Crippen molar-refractivity contribution in [2.45, 2.75) is 32.4 Å². The van der Waals surface area contributed by atoms with Crippen molar-refractivity contribution in [2.75, 3.05) is 6.61 Å². The third-order valence-corrected chi connectivity index (χ3v) is 4.59. The van der Waals surface area contributed by atoms with Crippen LogP contribution in [-0.4, -0.2) is 29.2 Å². The predicted molar refractivity (Wildman–Crippen MR) is 76.3 cm³/mol. The Kier molecular flexibility index (Phi) is 3.98. The van der Waals surface area contributed by atoms with Gasteiger partial charge in [-0.25, -0.2) is 9.97 Å². The summed E-state index contributed by atoms with van der Waals surface area (Å²) in [5.41, 5.74) is 1.34. The Labute approximate surface area is 113 Å². The van der Waals surface area contributed by atoms with E-state index in [1.54, 1.807) is 12.4 Å². The van der Waals surface area contributed by atoms with Crippen LogP contribution in [0, 0.1) is 11.3 Å². The number of hydrogen-bond donors (Lipinski definition) is 0. The highest BCUT2D eigenvalue weighted by Gasteiger charge is 2.13. The molecule has 0 atom stereocenters. The van der Waals surface area contributed by atoms with Crippen molar-refractivity contribution < 1.29 is 4.74 Å². The van der Waals surface area contributed by atoms with Gasteiger partial charge in [0.05, 0.1) is 10.9 Å². The first-order valence-corrected chi connectivity index (χ1v) is 9.99. The van der Waals surface area contributed by atoms with Gasteiger partial charge in [0.1, 0.15) is 24.8 Å². The number of aromatic nitrogens is 3. The molecule has 0 saturated carbocycles. The average molecular weight is 274 g/mol. The van der Waals surface area contributed by atoms with Crippen LogP contribution < -0.4 is 0 Å². The lowest BCUT2D eigenvalue weighted by molar-refractivity contribution is 0.0898. The van der Waals surface area contributed by atoms with Crippen LogP contribution in [0.4, 0.5) is 0 Å². The van der Waals surface area contributed by atoms with Crippen LogP contribution in [0.15, 0.2) is 18.7 Å². The zero-order valence-corrected chi connectivity index (χ0v) is 12.6. The summed E-state index contributed by atoms with van der Waals surface area (Å²) < 4.78 is 7.55. The van der Waals surface area contributed by atoms with Crippen molar-refractivity contribution in [3.63, 3.8) is 0 Å². The molecule has 0 aliphatic carbocycles. The molecule has 0 unspecified atom stereocenters. The summed E-state index contributed by atoms with van der Waals surface area (Å²) in [5, 5.41) is 9.85. The molecular formula is C13H18N4OSi. The smallest absolute Gasteiger partial charge is 0.146 e. The Hall–Kier alpha value is -1.71. The van der Waals surface area contributed by atoms with Crippen LogP contribution in [0.2, 0.25) is 25.7 Å². The zero-order valence-electron chi connectivity index (χ0n) is 11.6. The molecule has 0 amide bonds. The molecule has 2 aromatic rings. The van der Waals surface area contributed by atoms with Crippen LogP contribution in [-0.2, 0) is 11.5 Å². The lowest BCUT2D eigenvalue weighted by Crippen LogP contribution is -2.22. The summed E-state index contributed by atoms with van der Waals surface area (Å²) in [7, 11) is -1.06. The van der Waals surface area contributed by atoms with Gasteiger partial charge in [0.25, 0.3) is 0 Å². The summed E-state index contributed by atoms with van der Waals surface area (Å²) in [6, 6.07) is 3.29. The highest BCUT2D eigenvalue weighted by molar-refractivity contribution is 6.76.